The second kappa shape index (κ2) is 5.39. The van der Waals surface area contributed by atoms with Crippen LogP contribution in [0.2, 0.25) is 0 Å². The van der Waals surface area contributed by atoms with Crippen molar-refractivity contribution in [2.24, 2.45) is 0 Å². The third-order valence-electron chi connectivity index (χ3n) is 2.63. The van der Waals surface area contributed by atoms with E-state index in [4.69, 9.17) is 0 Å². The van der Waals surface area contributed by atoms with E-state index >= 15 is 0 Å². The van der Waals surface area contributed by atoms with Crippen molar-refractivity contribution in [1.82, 2.24) is 0 Å². The van der Waals surface area contributed by atoms with E-state index < -0.39 is 0 Å². The second-order valence-electron chi connectivity index (χ2n) is 3.91. The van der Waals surface area contributed by atoms with Crippen LogP contribution >= 0.6 is 22.6 Å². The van der Waals surface area contributed by atoms with Crippen LogP contribution in [0.3, 0.4) is 0 Å². The molecule has 18 heavy (non-hydrogen) atoms. The van der Waals surface area contributed by atoms with Gasteiger partial charge in [0.05, 0.1) is 0 Å². The van der Waals surface area contributed by atoms with Gasteiger partial charge in [-0.3, -0.25) is 4.79 Å². The van der Waals surface area contributed by atoms with Crippen LogP contribution in [0.4, 0.5) is 5.69 Å². The molecule has 2 N–H and O–H groups in total. The van der Waals surface area contributed by atoms with Gasteiger partial charge < -0.3 is 10.4 Å². The van der Waals surface area contributed by atoms with Gasteiger partial charge in [-0.2, -0.15) is 0 Å². The first-order valence-electron chi connectivity index (χ1n) is 5.43. The number of anilines is 1. The number of aromatic hydroxyl groups is 1. The molecule has 0 aliphatic heterocycles. The standard InChI is InChI=1S/C14H12INO2/c1-9-12(6-3-7-13(9)17)14(18)16-11-5-2-4-10(15)8-11/h2-8,17H,1H3,(H,16,18). The predicted octanol–water partition coefficient (Wildman–Crippen LogP) is 3.56. The number of hydrogen-bond donors (Lipinski definition) is 2. The van der Waals surface area contributed by atoms with Crippen molar-refractivity contribution in [2.45, 2.75) is 6.92 Å². The van der Waals surface area contributed by atoms with Gasteiger partial charge >= 0.3 is 0 Å². The predicted molar refractivity (Wildman–Crippen MR) is 80.0 cm³/mol. The summed E-state index contributed by atoms with van der Waals surface area (Å²) >= 11 is 2.19. The molecule has 0 heterocycles. The quantitative estimate of drug-likeness (QED) is 0.812. The van der Waals surface area contributed by atoms with Gasteiger partial charge in [0.15, 0.2) is 0 Å². The Morgan fingerprint density at radius 2 is 1.94 bits per heavy atom. The molecule has 0 spiro atoms. The smallest absolute Gasteiger partial charge is 0.256 e. The molecule has 2 rings (SSSR count). The largest absolute Gasteiger partial charge is 0.508 e. The monoisotopic (exact) mass is 353 g/mol. The molecule has 0 atom stereocenters. The van der Waals surface area contributed by atoms with Gasteiger partial charge in [0, 0.05) is 20.4 Å². The number of rotatable bonds is 2. The third kappa shape index (κ3) is 2.81. The molecule has 4 heteroatoms. The summed E-state index contributed by atoms with van der Waals surface area (Å²) in [6, 6.07) is 12.5. The summed E-state index contributed by atoms with van der Waals surface area (Å²) in [4.78, 5) is 12.1. The highest BCUT2D eigenvalue weighted by molar-refractivity contribution is 14.1. The zero-order chi connectivity index (χ0) is 13.1. The van der Waals surface area contributed by atoms with Crippen LogP contribution in [0, 0.1) is 10.5 Å². The van der Waals surface area contributed by atoms with Gasteiger partial charge in [-0.05, 0) is 59.8 Å². The average molecular weight is 353 g/mol. The van der Waals surface area contributed by atoms with Crippen molar-refractivity contribution in [3.63, 3.8) is 0 Å². The normalized spacial score (nSPS) is 10.1. The number of halogens is 1. The van der Waals surface area contributed by atoms with E-state index in [1.165, 1.54) is 0 Å². The number of benzene rings is 2. The molecule has 2 aromatic carbocycles. The highest BCUT2D eigenvalue weighted by Gasteiger charge is 2.11. The molecule has 0 aromatic heterocycles. The number of phenolic OH excluding ortho intramolecular Hbond substituents is 1. The summed E-state index contributed by atoms with van der Waals surface area (Å²) in [6.45, 7) is 1.72. The summed E-state index contributed by atoms with van der Waals surface area (Å²) in [5, 5.41) is 12.4. The first-order valence-corrected chi connectivity index (χ1v) is 6.51. The van der Waals surface area contributed by atoms with E-state index in [2.05, 4.69) is 27.9 Å². The molecule has 2 aromatic rings. The zero-order valence-electron chi connectivity index (χ0n) is 9.77. The van der Waals surface area contributed by atoms with Crippen molar-refractivity contribution in [3.8, 4) is 5.75 Å². The molecule has 92 valence electrons. The van der Waals surface area contributed by atoms with Crippen LogP contribution in [0.15, 0.2) is 42.5 Å². The Morgan fingerprint density at radius 3 is 2.67 bits per heavy atom. The SMILES string of the molecule is Cc1c(O)cccc1C(=O)Nc1cccc(I)c1. The second-order valence-corrected chi connectivity index (χ2v) is 5.16. The van der Waals surface area contributed by atoms with Gasteiger partial charge in [0.2, 0.25) is 0 Å². The third-order valence-corrected chi connectivity index (χ3v) is 3.30. The van der Waals surface area contributed by atoms with Crippen LogP contribution in [-0.4, -0.2) is 11.0 Å². The molecular weight excluding hydrogens is 341 g/mol. The average Bonchev–Trinajstić information content (AvgIpc) is 2.32. The van der Waals surface area contributed by atoms with E-state index in [1.54, 1.807) is 25.1 Å². The van der Waals surface area contributed by atoms with Gasteiger partial charge in [-0.1, -0.05) is 12.1 Å². The van der Waals surface area contributed by atoms with E-state index in [1.807, 2.05) is 24.3 Å². The molecule has 0 unspecified atom stereocenters. The molecule has 3 nitrogen and oxygen atoms in total. The number of carbonyl (C=O) groups excluding carboxylic acids is 1. The Morgan fingerprint density at radius 1 is 1.22 bits per heavy atom. The van der Waals surface area contributed by atoms with Crippen LogP contribution < -0.4 is 5.32 Å². The van der Waals surface area contributed by atoms with Gasteiger partial charge in [-0.15, -0.1) is 0 Å². The van der Waals surface area contributed by atoms with Crippen LogP contribution in [0.5, 0.6) is 5.75 Å². The van der Waals surface area contributed by atoms with Gasteiger partial charge in [0.25, 0.3) is 5.91 Å². The summed E-state index contributed by atoms with van der Waals surface area (Å²) in [5.41, 5.74) is 1.81. The Bertz CT molecular complexity index is 596. The van der Waals surface area contributed by atoms with E-state index in [0.29, 0.717) is 11.1 Å². The lowest BCUT2D eigenvalue weighted by Gasteiger charge is -2.09. The molecular formula is C14H12INO2. The Hall–Kier alpha value is -1.56. The highest BCUT2D eigenvalue weighted by Crippen LogP contribution is 2.21. The number of carbonyl (C=O) groups is 1. The molecule has 0 saturated heterocycles. The van der Waals surface area contributed by atoms with Crippen LogP contribution in [0.25, 0.3) is 0 Å². The fraction of sp³-hybridized carbons (Fsp3) is 0.0714. The van der Waals surface area contributed by atoms with Crippen LogP contribution in [-0.2, 0) is 0 Å². The summed E-state index contributed by atoms with van der Waals surface area (Å²) in [5.74, 6) is -0.0873. The minimum absolute atomic E-state index is 0.130. The minimum Gasteiger partial charge on any atom is -0.508 e. The Balaban J connectivity index is 2.25. The Kier molecular flexibility index (Phi) is 3.86. The molecule has 0 aliphatic carbocycles. The van der Waals surface area contributed by atoms with Crippen molar-refractivity contribution in [1.29, 1.82) is 0 Å². The molecule has 0 saturated carbocycles. The number of hydrogen-bond acceptors (Lipinski definition) is 2. The maximum absolute atomic E-state index is 12.1. The van der Waals surface area contributed by atoms with Gasteiger partial charge in [-0.25, -0.2) is 0 Å². The Labute approximate surface area is 119 Å². The van der Waals surface area contributed by atoms with Crippen molar-refractivity contribution in [3.05, 3.63) is 57.2 Å². The number of amides is 1. The lowest BCUT2D eigenvalue weighted by molar-refractivity contribution is 0.102. The summed E-state index contributed by atoms with van der Waals surface area (Å²) < 4.78 is 1.05. The van der Waals surface area contributed by atoms with E-state index in [9.17, 15) is 9.90 Å². The van der Waals surface area contributed by atoms with Crippen molar-refractivity contribution < 1.29 is 9.90 Å². The maximum atomic E-state index is 12.1. The summed E-state index contributed by atoms with van der Waals surface area (Å²) in [7, 11) is 0. The van der Waals surface area contributed by atoms with E-state index in [0.717, 1.165) is 9.26 Å². The van der Waals surface area contributed by atoms with Crippen molar-refractivity contribution in [2.75, 3.05) is 5.32 Å². The zero-order valence-corrected chi connectivity index (χ0v) is 11.9. The lowest BCUT2D eigenvalue weighted by Crippen LogP contribution is -2.13. The summed E-state index contributed by atoms with van der Waals surface area (Å²) in [6.07, 6.45) is 0. The maximum Gasteiger partial charge on any atom is 0.256 e. The number of nitrogens with one attached hydrogen (secondary N) is 1. The lowest BCUT2D eigenvalue weighted by atomic mass is 10.1. The minimum atomic E-state index is -0.217. The highest BCUT2D eigenvalue weighted by atomic mass is 127. The van der Waals surface area contributed by atoms with E-state index in [-0.39, 0.29) is 11.7 Å². The topological polar surface area (TPSA) is 49.3 Å². The fourth-order valence-corrected chi connectivity index (χ4v) is 2.18. The van der Waals surface area contributed by atoms with Gasteiger partial charge in [0.1, 0.15) is 5.75 Å². The molecule has 1 amide bonds. The molecule has 0 fully saturated rings. The number of phenols is 1. The first kappa shape index (κ1) is 12.9. The van der Waals surface area contributed by atoms with Crippen LogP contribution in [0.1, 0.15) is 15.9 Å². The fourth-order valence-electron chi connectivity index (χ4n) is 1.63. The molecule has 0 bridgehead atoms. The first-order chi connectivity index (χ1) is 8.58. The molecule has 0 radical (unpaired) electrons. The van der Waals surface area contributed by atoms with Crippen molar-refractivity contribution >= 4 is 34.2 Å². The molecule has 0 aliphatic rings.